The Morgan fingerprint density at radius 2 is 2.10 bits per heavy atom. The average molecular weight is 273 g/mol. The number of hydrogen-bond donors (Lipinski definition) is 1. The van der Waals surface area contributed by atoms with Gasteiger partial charge in [-0.15, -0.1) is 0 Å². The van der Waals surface area contributed by atoms with Gasteiger partial charge in [-0.25, -0.2) is 4.68 Å². The van der Waals surface area contributed by atoms with E-state index in [-0.39, 0.29) is 0 Å². The fraction of sp³-hybridized carbons (Fsp3) is 0.467. The number of rotatable bonds is 5. The van der Waals surface area contributed by atoms with Crippen molar-refractivity contribution >= 4 is 11.5 Å². The van der Waals surface area contributed by atoms with Crippen LogP contribution in [0.1, 0.15) is 31.3 Å². The average Bonchev–Trinajstić information content (AvgIpc) is 2.74. The summed E-state index contributed by atoms with van der Waals surface area (Å²) >= 11 is 0. The van der Waals surface area contributed by atoms with Crippen molar-refractivity contribution in [3.8, 4) is 0 Å². The molecule has 0 fully saturated rings. The lowest BCUT2D eigenvalue weighted by Crippen LogP contribution is -2.25. The number of pyridine rings is 1. The first kappa shape index (κ1) is 14.4. The zero-order valence-corrected chi connectivity index (χ0v) is 12.7. The molecule has 0 atom stereocenters. The highest BCUT2D eigenvalue weighted by Gasteiger charge is 2.18. The molecule has 2 aromatic rings. The van der Waals surface area contributed by atoms with Gasteiger partial charge in [0.05, 0.1) is 11.4 Å². The second-order valence-electron chi connectivity index (χ2n) is 5.35. The highest BCUT2D eigenvalue weighted by atomic mass is 15.4. The molecule has 0 unspecified atom stereocenters. The number of nitrogens with two attached hydrogens (primary N) is 1. The Morgan fingerprint density at radius 1 is 1.35 bits per heavy atom. The molecule has 0 saturated carbocycles. The quantitative estimate of drug-likeness (QED) is 0.909. The molecule has 108 valence electrons. The molecule has 0 aliphatic carbocycles. The first-order valence-corrected chi connectivity index (χ1v) is 6.96. The third-order valence-corrected chi connectivity index (χ3v) is 3.39. The third kappa shape index (κ3) is 2.92. The van der Waals surface area contributed by atoms with Gasteiger partial charge in [0, 0.05) is 37.9 Å². The normalized spacial score (nSPS) is 11.1. The first-order chi connectivity index (χ1) is 9.50. The molecule has 0 saturated heterocycles. The summed E-state index contributed by atoms with van der Waals surface area (Å²) in [7, 11) is 2.05. The molecule has 20 heavy (non-hydrogen) atoms. The zero-order valence-electron chi connectivity index (χ0n) is 12.7. The van der Waals surface area contributed by atoms with Crippen molar-refractivity contribution in [2.75, 3.05) is 24.2 Å². The van der Waals surface area contributed by atoms with Gasteiger partial charge in [-0.05, 0) is 32.9 Å². The Morgan fingerprint density at radius 3 is 2.70 bits per heavy atom. The van der Waals surface area contributed by atoms with Crippen LogP contribution in [0, 0.1) is 6.92 Å². The van der Waals surface area contributed by atoms with Gasteiger partial charge in [-0.2, -0.15) is 5.10 Å². The Balaban J connectivity index is 2.15. The van der Waals surface area contributed by atoms with Crippen molar-refractivity contribution in [1.29, 1.82) is 0 Å². The largest absolute Gasteiger partial charge is 0.394 e. The number of aryl methyl sites for hydroxylation is 1. The van der Waals surface area contributed by atoms with Crippen molar-refractivity contribution in [1.82, 2.24) is 14.8 Å². The van der Waals surface area contributed by atoms with E-state index in [2.05, 4.69) is 35.9 Å². The highest BCUT2D eigenvalue weighted by molar-refractivity contribution is 5.66. The van der Waals surface area contributed by atoms with Crippen LogP contribution in [-0.4, -0.2) is 28.4 Å². The van der Waals surface area contributed by atoms with Gasteiger partial charge in [0.25, 0.3) is 0 Å². The van der Waals surface area contributed by atoms with E-state index in [0.717, 1.165) is 35.9 Å². The summed E-state index contributed by atoms with van der Waals surface area (Å²) in [6, 6.07) is 6.28. The lowest BCUT2D eigenvalue weighted by molar-refractivity contribution is 0.526. The monoisotopic (exact) mass is 273 g/mol. The second-order valence-corrected chi connectivity index (χ2v) is 5.35. The predicted molar refractivity (Wildman–Crippen MR) is 83.0 cm³/mol. The van der Waals surface area contributed by atoms with Crippen molar-refractivity contribution in [3.05, 3.63) is 35.8 Å². The molecular weight excluding hydrogens is 250 g/mol. The maximum absolute atomic E-state index is 6.17. The van der Waals surface area contributed by atoms with Crippen molar-refractivity contribution in [3.63, 3.8) is 0 Å². The second kappa shape index (κ2) is 5.94. The van der Waals surface area contributed by atoms with Crippen LogP contribution >= 0.6 is 0 Å². The standard InChI is InChI=1S/C15H23N5/c1-11(2)20-15(14(16)12(3)18-20)19(4)10-8-13-7-5-6-9-17-13/h5-7,9,11H,8,10,16H2,1-4H3. The number of nitrogen functional groups attached to an aromatic ring is 1. The van der Waals surface area contributed by atoms with Crippen LogP contribution in [-0.2, 0) is 6.42 Å². The fourth-order valence-corrected chi connectivity index (χ4v) is 2.22. The summed E-state index contributed by atoms with van der Waals surface area (Å²) in [5.41, 5.74) is 8.91. The lowest BCUT2D eigenvalue weighted by atomic mass is 10.2. The summed E-state index contributed by atoms with van der Waals surface area (Å²) in [5, 5.41) is 4.52. The topological polar surface area (TPSA) is 60.0 Å². The summed E-state index contributed by atoms with van der Waals surface area (Å²) in [5.74, 6) is 0.994. The van der Waals surface area contributed by atoms with Gasteiger partial charge in [-0.3, -0.25) is 4.98 Å². The Bertz CT molecular complexity index is 559. The molecule has 0 aliphatic rings. The molecule has 2 N–H and O–H groups in total. The molecule has 0 amide bonds. The number of hydrogen-bond acceptors (Lipinski definition) is 4. The highest BCUT2D eigenvalue weighted by Crippen LogP contribution is 2.28. The Labute approximate surface area is 120 Å². The maximum Gasteiger partial charge on any atom is 0.150 e. The molecule has 2 heterocycles. The van der Waals surface area contributed by atoms with E-state index in [9.17, 15) is 0 Å². The summed E-state index contributed by atoms with van der Waals surface area (Å²) in [6.07, 6.45) is 2.71. The molecule has 0 bridgehead atoms. The molecule has 2 rings (SSSR count). The Kier molecular flexibility index (Phi) is 4.27. The van der Waals surface area contributed by atoms with Crippen LogP contribution in [0.4, 0.5) is 11.5 Å². The van der Waals surface area contributed by atoms with Crippen LogP contribution in [0.15, 0.2) is 24.4 Å². The maximum atomic E-state index is 6.17. The first-order valence-electron chi connectivity index (χ1n) is 6.96. The van der Waals surface area contributed by atoms with Crippen molar-refractivity contribution in [2.45, 2.75) is 33.2 Å². The smallest absolute Gasteiger partial charge is 0.150 e. The summed E-state index contributed by atoms with van der Waals surface area (Å²) in [4.78, 5) is 6.51. The SMILES string of the molecule is Cc1nn(C(C)C)c(N(C)CCc2ccccn2)c1N. The van der Waals surface area contributed by atoms with Gasteiger partial charge in [0.15, 0.2) is 5.82 Å². The number of aromatic nitrogens is 3. The van der Waals surface area contributed by atoms with E-state index in [1.807, 2.05) is 36.0 Å². The van der Waals surface area contributed by atoms with E-state index in [1.165, 1.54) is 0 Å². The number of nitrogens with zero attached hydrogens (tertiary/aromatic N) is 4. The lowest BCUT2D eigenvalue weighted by Gasteiger charge is -2.22. The van der Waals surface area contributed by atoms with Crippen LogP contribution in [0.2, 0.25) is 0 Å². The van der Waals surface area contributed by atoms with E-state index >= 15 is 0 Å². The van der Waals surface area contributed by atoms with Gasteiger partial charge < -0.3 is 10.6 Å². The van der Waals surface area contributed by atoms with E-state index in [1.54, 1.807) is 0 Å². The van der Waals surface area contributed by atoms with Crippen molar-refractivity contribution in [2.24, 2.45) is 0 Å². The Hall–Kier alpha value is -2.04. The van der Waals surface area contributed by atoms with E-state index < -0.39 is 0 Å². The predicted octanol–water partition coefficient (Wildman–Crippen LogP) is 2.43. The fourth-order valence-electron chi connectivity index (χ4n) is 2.22. The summed E-state index contributed by atoms with van der Waals surface area (Å²) in [6.45, 7) is 7.04. The minimum absolute atomic E-state index is 0.290. The van der Waals surface area contributed by atoms with Crippen LogP contribution < -0.4 is 10.6 Å². The van der Waals surface area contributed by atoms with Crippen molar-refractivity contribution < 1.29 is 0 Å². The van der Waals surface area contributed by atoms with Gasteiger partial charge in [0.1, 0.15) is 0 Å². The van der Waals surface area contributed by atoms with Crippen LogP contribution in [0.3, 0.4) is 0 Å². The van der Waals surface area contributed by atoms with Gasteiger partial charge in [-0.1, -0.05) is 6.07 Å². The zero-order chi connectivity index (χ0) is 14.7. The van der Waals surface area contributed by atoms with Crippen LogP contribution in [0.25, 0.3) is 0 Å². The molecule has 2 aromatic heterocycles. The van der Waals surface area contributed by atoms with E-state index in [0.29, 0.717) is 6.04 Å². The molecule has 0 spiro atoms. The van der Waals surface area contributed by atoms with Crippen LogP contribution in [0.5, 0.6) is 0 Å². The molecule has 0 aliphatic heterocycles. The molecule has 5 nitrogen and oxygen atoms in total. The van der Waals surface area contributed by atoms with E-state index in [4.69, 9.17) is 5.73 Å². The number of likely N-dealkylation sites (N-methyl/N-ethyl adjacent to an activating group) is 1. The molecule has 5 heteroatoms. The number of anilines is 2. The molecule has 0 radical (unpaired) electrons. The van der Waals surface area contributed by atoms with Gasteiger partial charge >= 0.3 is 0 Å². The molecule has 0 aromatic carbocycles. The third-order valence-electron chi connectivity index (χ3n) is 3.39. The summed E-state index contributed by atoms with van der Waals surface area (Å²) < 4.78 is 1.99. The molecular formula is C15H23N5. The minimum atomic E-state index is 0.290. The van der Waals surface area contributed by atoms with Gasteiger partial charge in [0.2, 0.25) is 0 Å². The minimum Gasteiger partial charge on any atom is -0.394 e.